The summed E-state index contributed by atoms with van der Waals surface area (Å²) in [7, 11) is 0. The fourth-order valence-corrected chi connectivity index (χ4v) is 4.68. The Bertz CT molecular complexity index is 1510. The van der Waals surface area contributed by atoms with Crippen LogP contribution in [0.4, 0.5) is 5.82 Å². The number of anilines is 1. The van der Waals surface area contributed by atoms with Crippen molar-refractivity contribution in [3.63, 3.8) is 0 Å². The standard InChI is InChI=1S/C22H19Cl2N5O4/c1-22(2)9-32-8-16-17(22)12-7-11(3-4-15(12)26-16)33-18-13(23)5-10(6-14(18)24)29-21(31)27-20(30)19(25)28-29/h3-7,26H,8-9H2,1-2H3,(H2,25,28)(H,27,30,31). The highest BCUT2D eigenvalue weighted by Crippen LogP contribution is 2.41. The maximum Gasteiger partial charge on any atom is 0.349 e. The molecule has 4 N–H and O–H groups in total. The van der Waals surface area contributed by atoms with Gasteiger partial charge in [-0.2, -0.15) is 4.68 Å². The normalized spacial score (nSPS) is 14.9. The van der Waals surface area contributed by atoms with E-state index in [0.29, 0.717) is 19.0 Å². The molecule has 0 bridgehead atoms. The Morgan fingerprint density at radius 1 is 1.15 bits per heavy atom. The molecule has 33 heavy (non-hydrogen) atoms. The first-order valence-electron chi connectivity index (χ1n) is 10.0. The van der Waals surface area contributed by atoms with Gasteiger partial charge in [0.25, 0.3) is 5.56 Å². The highest BCUT2D eigenvalue weighted by Gasteiger charge is 2.32. The second kappa shape index (κ2) is 7.65. The van der Waals surface area contributed by atoms with Crippen molar-refractivity contribution in [1.82, 2.24) is 19.7 Å². The van der Waals surface area contributed by atoms with Crippen molar-refractivity contribution in [1.29, 1.82) is 0 Å². The first-order chi connectivity index (χ1) is 15.6. The highest BCUT2D eigenvalue weighted by molar-refractivity contribution is 6.37. The molecule has 1 aliphatic rings. The number of nitrogens with two attached hydrogens (primary N) is 1. The minimum atomic E-state index is -0.774. The maximum absolute atomic E-state index is 12.1. The predicted molar refractivity (Wildman–Crippen MR) is 126 cm³/mol. The van der Waals surface area contributed by atoms with Gasteiger partial charge in [-0.3, -0.25) is 9.78 Å². The Hall–Kier alpha value is -3.27. The molecule has 0 amide bonds. The molecular formula is C22H19Cl2N5O4. The molecule has 11 heteroatoms. The second-order valence-electron chi connectivity index (χ2n) is 8.46. The van der Waals surface area contributed by atoms with Gasteiger partial charge in [0.1, 0.15) is 5.75 Å². The highest BCUT2D eigenvalue weighted by atomic mass is 35.5. The Morgan fingerprint density at radius 2 is 1.88 bits per heavy atom. The molecule has 0 spiro atoms. The third kappa shape index (κ3) is 3.68. The summed E-state index contributed by atoms with van der Waals surface area (Å²) >= 11 is 12.9. The third-order valence-electron chi connectivity index (χ3n) is 5.53. The van der Waals surface area contributed by atoms with Crippen LogP contribution in [0.15, 0.2) is 39.9 Å². The zero-order valence-corrected chi connectivity index (χ0v) is 19.2. The van der Waals surface area contributed by atoms with Crippen LogP contribution in [0.3, 0.4) is 0 Å². The average molecular weight is 488 g/mol. The topological polar surface area (TPSA) is 128 Å². The van der Waals surface area contributed by atoms with E-state index in [9.17, 15) is 9.59 Å². The summed E-state index contributed by atoms with van der Waals surface area (Å²) in [6.07, 6.45) is 0. The summed E-state index contributed by atoms with van der Waals surface area (Å²) in [4.78, 5) is 29.1. The molecule has 0 radical (unpaired) electrons. The quantitative estimate of drug-likeness (QED) is 0.402. The number of halogens is 2. The summed E-state index contributed by atoms with van der Waals surface area (Å²) in [5, 5.41) is 5.14. The number of H-pyrrole nitrogens is 2. The van der Waals surface area contributed by atoms with Crippen molar-refractivity contribution in [2.45, 2.75) is 25.9 Å². The van der Waals surface area contributed by atoms with Crippen LogP contribution in [-0.4, -0.2) is 26.4 Å². The fourth-order valence-electron chi connectivity index (χ4n) is 4.12. The van der Waals surface area contributed by atoms with E-state index in [-0.39, 0.29) is 32.7 Å². The molecule has 2 aromatic heterocycles. The number of ether oxygens (including phenoxy) is 2. The second-order valence-corrected chi connectivity index (χ2v) is 9.27. The van der Waals surface area contributed by atoms with Crippen LogP contribution in [0.1, 0.15) is 25.1 Å². The van der Waals surface area contributed by atoms with Crippen LogP contribution in [0.25, 0.3) is 16.6 Å². The van der Waals surface area contributed by atoms with Crippen molar-refractivity contribution in [3.8, 4) is 17.2 Å². The number of hydrogen-bond acceptors (Lipinski definition) is 6. The van der Waals surface area contributed by atoms with Crippen LogP contribution in [0, 0.1) is 0 Å². The molecule has 0 aliphatic carbocycles. The number of fused-ring (bicyclic) bond motifs is 3. The Kier molecular flexibility index (Phi) is 5.00. The smallest absolute Gasteiger partial charge is 0.349 e. The number of aromatic amines is 2. The molecule has 2 aromatic carbocycles. The summed E-state index contributed by atoms with van der Waals surface area (Å²) in [6, 6.07) is 8.58. The molecular weight excluding hydrogens is 469 g/mol. The van der Waals surface area contributed by atoms with E-state index in [1.165, 1.54) is 17.7 Å². The van der Waals surface area contributed by atoms with Gasteiger partial charge in [-0.25, -0.2) is 4.79 Å². The van der Waals surface area contributed by atoms with E-state index in [0.717, 1.165) is 21.3 Å². The molecule has 1 aliphatic heterocycles. The molecule has 9 nitrogen and oxygen atoms in total. The zero-order chi connectivity index (χ0) is 23.5. The van der Waals surface area contributed by atoms with Crippen molar-refractivity contribution in [2.24, 2.45) is 0 Å². The van der Waals surface area contributed by atoms with E-state index in [4.69, 9.17) is 38.4 Å². The molecule has 3 heterocycles. The monoisotopic (exact) mass is 487 g/mol. The van der Waals surface area contributed by atoms with Gasteiger partial charge in [0.05, 0.1) is 28.9 Å². The summed E-state index contributed by atoms with van der Waals surface area (Å²) in [5.41, 5.74) is 7.28. The minimum Gasteiger partial charge on any atom is -0.454 e. The molecule has 4 aromatic rings. The van der Waals surface area contributed by atoms with Crippen molar-refractivity contribution in [2.75, 3.05) is 12.3 Å². The van der Waals surface area contributed by atoms with Gasteiger partial charge < -0.3 is 20.2 Å². The summed E-state index contributed by atoms with van der Waals surface area (Å²) < 4.78 is 12.7. The number of nitrogens with one attached hydrogen (secondary N) is 2. The lowest BCUT2D eigenvalue weighted by molar-refractivity contribution is 0.0630. The lowest BCUT2D eigenvalue weighted by atomic mass is 9.82. The number of hydrogen-bond donors (Lipinski definition) is 3. The number of nitrogens with zero attached hydrogens (tertiary/aromatic N) is 2. The van der Waals surface area contributed by atoms with E-state index in [1.807, 2.05) is 18.2 Å². The van der Waals surface area contributed by atoms with Crippen LogP contribution < -0.4 is 21.7 Å². The number of nitrogen functional groups attached to an aromatic ring is 1. The summed E-state index contributed by atoms with van der Waals surface area (Å²) in [5.74, 6) is 0.407. The molecule has 0 fully saturated rings. The lowest BCUT2D eigenvalue weighted by Gasteiger charge is -2.30. The van der Waals surface area contributed by atoms with Gasteiger partial charge in [0, 0.05) is 22.0 Å². The van der Waals surface area contributed by atoms with Gasteiger partial charge in [0.15, 0.2) is 5.75 Å². The van der Waals surface area contributed by atoms with Crippen LogP contribution >= 0.6 is 23.2 Å². The molecule has 5 rings (SSSR count). The van der Waals surface area contributed by atoms with Crippen LogP contribution in [-0.2, 0) is 16.8 Å². The Morgan fingerprint density at radius 3 is 2.61 bits per heavy atom. The van der Waals surface area contributed by atoms with Gasteiger partial charge in [-0.1, -0.05) is 37.0 Å². The molecule has 170 valence electrons. The number of aromatic nitrogens is 4. The molecule has 0 atom stereocenters. The van der Waals surface area contributed by atoms with E-state index in [2.05, 4.69) is 28.9 Å². The van der Waals surface area contributed by atoms with Crippen molar-refractivity contribution in [3.05, 3.63) is 72.5 Å². The fraction of sp³-hybridized carbons (Fsp3) is 0.227. The van der Waals surface area contributed by atoms with Crippen LogP contribution in [0.2, 0.25) is 10.0 Å². The minimum absolute atomic E-state index is 0.153. The van der Waals surface area contributed by atoms with Gasteiger partial charge in [0.2, 0.25) is 5.82 Å². The van der Waals surface area contributed by atoms with E-state index < -0.39 is 11.2 Å². The van der Waals surface area contributed by atoms with Crippen molar-refractivity contribution < 1.29 is 9.47 Å². The SMILES string of the molecule is CC1(C)COCc2[nH]c3ccc(Oc4c(Cl)cc(-n5nc(N)c(=O)[nH]c5=O)cc4Cl)cc3c21. The Labute approximate surface area is 197 Å². The number of benzene rings is 2. The first kappa shape index (κ1) is 21.6. The third-order valence-corrected chi connectivity index (χ3v) is 6.10. The summed E-state index contributed by atoms with van der Waals surface area (Å²) in [6.45, 7) is 5.43. The first-order valence-corrected chi connectivity index (χ1v) is 10.8. The Balaban J connectivity index is 1.54. The van der Waals surface area contributed by atoms with Gasteiger partial charge >= 0.3 is 5.69 Å². The van der Waals surface area contributed by atoms with E-state index in [1.54, 1.807) is 0 Å². The zero-order valence-electron chi connectivity index (χ0n) is 17.7. The largest absolute Gasteiger partial charge is 0.454 e. The average Bonchev–Trinajstić information content (AvgIpc) is 3.12. The molecule has 0 unspecified atom stereocenters. The van der Waals surface area contributed by atoms with Gasteiger partial charge in [-0.05, 0) is 35.9 Å². The van der Waals surface area contributed by atoms with Crippen LogP contribution in [0.5, 0.6) is 11.5 Å². The maximum atomic E-state index is 12.1. The molecule has 0 saturated carbocycles. The predicted octanol–water partition coefficient (Wildman–Crippen LogP) is 3.89. The lowest BCUT2D eigenvalue weighted by Crippen LogP contribution is -2.33. The van der Waals surface area contributed by atoms with E-state index >= 15 is 0 Å². The molecule has 0 saturated heterocycles. The number of rotatable bonds is 3. The van der Waals surface area contributed by atoms with Crippen molar-refractivity contribution >= 4 is 39.9 Å². The van der Waals surface area contributed by atoms with Gasteiger partial charge in [-0.15, -0.1) is 5.10 Å².